The maximum absolute atomic E-state index is 13.2. The molecule has 2 aromatic rings. The quantitative estimate of drug-likeness (QED) is 0.0686. The number of amides is 3. The molecule has 3 amide bonds. The van der Waals surface area contributed by atoms with Gasteiger partial charge in [-0.2, -0.15) is 0 Å². The van der Waals surface area contributed by atoms with E-state index in [1.165, 1.54) is 7.11 Å². The molecule has 1 atom stereocenters. The van der Waals surface area contributed by atoms with Crippen molar-refractivity contribution < 1.29 is 28.7 Å². The molecule has 0 saturated carbocycles. The smallest absolute Gasteiger partial charge is 0.330 e. The zero-order valence-electron chi connectivity index (χ0n) is 32.7. The predicted molar refractivity (Wildman–Crippen MR) is 223 cm³/mol. The molecule has 55 heavy (non-hydrogen) atoms. The lowest BCUT2D eigenvalue weighted by molar-refractivity contribution is -0.147. The van der Waals surface area contributed by atoms with Crippen molar-refractivity contribution >= 4 is 35.3 Å². The van der Waals surface area contributed by atoms with Crippen molar-refractivity contribution in [3.8, 4) is 5.75 Å². The molecule has 296 valence electrons. The Morgan fingerprint density at radius 1 is 0.727 bits per heavy atom. The van der Waals surface area contributed by atoms with E-state index >= 15 is 0 Å². The minimum Gasteiger partial charge on any atom is -0.478 e. The molecular formula is C45H58ClN3O6. The van der Waals surface area contributed by atoms with Crippen molar-refractivity contribution in [3.63, 3.8) is 0 Å². The van der Waals surface area contributed by atoms with Crippen LogP contribution in [0, 0.1) is 0 Å². The van der Waals surface area contributed by atoms with Crippen LogP contribution in [-0.2, 0) is 25.5 Å². The summed E-state index contributed by atoms with van der Waals surface area (Å²) in [6.07, 6.45) is 32.6. The number of allylic oxidation sites excluding steroid dienone is 12. The van der Waals surface area contributed by atoms with Gasteiger partial charge < -0.3 is 25.4 Å². The second kappa shape index (κ2) is 27.4. The second-order valence-corrected chi connectivity index (χ2v) is 13.5. The Balaban J connectivity index is 1.67. The van der Waals surface area contributed by atoms with Crippen molar-refractivity contribution in [2.45, 2.75) is 90.2 Å². The topological polar surface area (TPSA) is 123 Å². The van der Waals surface area contributed by atoms with Crippen molar-refractivity contribution in [2.24, 2.45) is 0 Å². The molecule has 0 heterocycles. The molecule has 0 spiro atoms. The number of halogens is 1. The Labute approximate surface area is 332 Å². The Hall–Kier alpha value is -5.15. The maximum Gasteiger partial charge on any atom is 0.330 e. The highest BCUT2D eigenvalue weighted by molar-refractivity contribution is 6.30. The van der Waals surface area contributed by atoms with Crippen LogP contribution in [0.15, 0.2) is 121 Å². The molecule has 0 radical (unpaired) electrons. The molecule has 1 unspecified atom stereocenters. The lowest BCUT2D eigenvalue weighted by atomic mass is 10.1. The molecule has 0 aliphatic rings. The van der Waals surface area contributed by atoms with Crippen LogP contribution >= 0.6 is 11.6 Å². The fourth-order valence-electron chi connectivity index (χ4n) is 4.91. The lowest BCUT2D eigenvalue weighted by Crippen LogP contribution is -2.55. The normalized spacial score (nSPS) is 12.7. The highest BCUT2D eigenvalue weighted by Gasteiger charge is 2.34. The van der Waals surface area contributed by atoms with Crippen LogP contribution in [0.25, 0.3) is 0 Å². The Morgan fingerprint density at radius 2 is 1.25 bits per heavy atom. The van der Waals surface area contributed by atoms with Gasteiger partial charge in [0.25, 0.3) is 11.8 Å². The Bertz CT molecular complexity index is 1640. The number of hydrogen-bond donors (Lipinski definition) is 3. The van der Waals surface area contributed by atoms with E-state index in [2.05, 4.69) is 83.6 Å². The summed E-state index contributed by atoms with van der Waals surface area (Å²) >= 11 is 5.89. The Morgan fingerprint density at radius 3 is 1.78 bits per heavy atom. The summed E-state index contributed by atoms with van der Waals surface area (Å²) in [4.78, 5) is 50.4. The largest absolute Gasteiger partial charge is 0.478 e. The molecule has 9 nitrogen and oxygen atoms in total. The number of carbonyl (C=O) groups is 4. The molecule has 0 saturated heterocycles. The van der Waals surface area contributed by atoms with Gasteiger partial charge in [0.1, 0.15) is 11.8 Å². The second-order valence-electron chi connectivity index (χ2n) is 13.1. The van der Waals surface area contributed by atoms with E-state index in [1.807, 2.05) is 24.3 Å². The molecule has 10 heteroatoms. The van der Waals surface area contributed by atoms with Gasteiger partial charge in [-0.3, -0.25) is 14.4 Å². The SMILES string of the molecule is CCC=CCC=CCC=CCC=CCC=CCC=CCCC(=O)NCC(NC(=O)C(C)(C)Oc1ccc(CCNC(=O)c2ccc(Cl)cc2)cc1)C(=O)OC. The summed E-state index contributed by atoms with van der Waals surface area (Å²) in [6, 6.07) is 12.8. The van der Waals surface area contributed by atoms with E-state index in [0.717, 1.165) is 44.1 Å². The first-order valence-corrected chi connectivity index (χ1v) is 19.3. The molecule has 2 aromatic carbocycles. The van der Waals surface area contributed by atoms with Crippen LogP contribution in [0.2, 0.25) is 5.02 Å². The highest BCUT2D eigenvalue weighted by atomic mass is 35.5. The number of ether oxygens (including phenoxy) is 2. The third-order valence-electron chi connectivity index (χ3n) is 8.08. The average Bonchev–Trinajstić information content (AvgIpc) is 3.17. The summed E-state index contributed by atoms with van der Waals surface area (Å²) in [5.74, 6) is -1.22. The van der Waals surface area contributed by atoms with Gasteiger partial charge in [-0.05, 0) is 107 Å². The van der Waals surface area contributed by atoms with E-state index in [9.17, 15) is 19.2 Å². The fourth-order valence-corrected chi connectivity index (χ4v) is 5.04. The van der Waals surface area contributed by atoms with Crippen molar-refractivity contribution in [2.75, 3.05) is 20.2 Å². The molecule has 0 aromatic heterocycles. The van der Waals surface area contributed by atoms with Crippen LogP contribution in [0.3, 0.4) is 0 Å². The van der Waals surface area contributed by atoms with Gasteiger partial charge >= 0.3 is 5.97 Å². The average molecular weight is 772 g/mol. The van der Waals surface area contributed by atoms with Crippen LogP contribution in [-0.4, -0.2) is 55.5 Å². The summed E-state index contributed by atoms with van der Waals surface area (Å²) in [7, 11) is 1.22. The van der Waals surface area contributed by atoms with Gasteiger partial charge in [-0.1, -0.05) is 104 Å². The minimum absolute atomic E-state index is 0.125. The zero-order valence-corrected chi connectivity index (χ0v) is 33.5. The van der Waals surface area contributed by atoms with Gasteiger partial charge in [0.15, 0.2) is 5.60 Å². The molecular weight excluding hydrogens is 714 g/mol. The number of benzene rings is 2. The standard InChI is InChI=1S/C45H58ClN3O6/c1-5-6-7-8-9-10-11-12-13-14-15-16-17-18-19-20-21-22-23-24-41(50)48-35-40(43(52)54-4)49-44(53)45(2,3)55-39-31-25-36(26-32-39)33-34-47-42(51)37-27-29-38(46)30-28-37/h6-7,9-10,12-13,15-16,18-19,21-22,25-32,40H,5,8,11,14,17,20,23-24,33-35H2,1-4H3,(H,47,51)(H,48,50)(H,49,53). The summed E-state index contributed by atoms with van der Waals surface area (Å²) in [6.45, 7) is 5.62. The van der Waals surface area contributed by atoms with Gasteiger partial charge in [0.05, 0.1) is 7.11 Å². The van der Waals surface area contributed by atoms with E-state index in [4.69, 9.17) is 21.1 Å². The fraction of sp³-hybridized carbons (Fsp3) is 0.378. The number of nitrogens with one attached hydrogen (secondary N) is 3. The predicted octanol–water partition coefficient (Wildman–Crippen LogP) is 8.72. The number of methoxy groups -OCH3 is 1. The van der Waals surface area contributed by atoms with Crippen LogP contribution in [0.4, 0.5) is 0 Å². The Kier molecular flexibility index (Phi) is 22.9. The maximum atomic E-state index is 13.2. The van der Waals surface area contributed by atoms with E-state index in [1.54, 1.807) is 50.2 Å². The number of esters is 1. The summed E-state index contributed by atoms with van der Waals surface area (Å²) in [5.41, 5.74) is 0.149. The van der Waals surface area contributed by atoms with E-state index in [-0.39, 0.29) is 24.8 Å². The number of carbonyl (C=O) groups excluding carboxylic acids is 4. The first kappa shape index (κ1) is 46.0. The highest BCUT2D eigenvalue weighted by Crippen LogP contribution is 2.20. The third-order valence-corrected chi connectivity index (χ3v) is 8.33. The van der Waals surface area contributed by atoms with Crippen molar-refractivity contribution in [1.82, 2.24) is 16.0 Å². The van der Waals surface area contributed by atoms with Crippen LogP contribution in [0.1, 0.15) is 88.1 Å². The van der Waals surface area contributed by atoms with E-state index in [0.29, 0.717) is 35.7 Å². The number of rotatable bonds is 25. The molecule has 0 aliphatic carbocycles. The molecule has 0 aliphatic heterocycles. The minimum atomic E-state index is -1.35. The van der Waals surface area contributed by atoms with Crippen LogP contribution in [0.5, 0.6) is 5.75 Å². The summed E-state index contributed by atoms with van der Waals surface area (Å²) in [5, 5.41) is 8.80. The van der Waals surface area contributed by atoms with Crippen molar-refractivity contribution in [3.05, 3.63) is 138 Å². The molecule has 2 rings (SSSR count). The van der Waals surface area contributed by atoms with Crippen molar-refractivity contribution in [1.29, 1.82) is 0 Å². The van der Waals surface area contributed by atoms with Gasteiger partial charge in [-0.15, -0.1) is 0 Å². The summed E-state index contributed by atoms with van der Waals surface area (Å²) < 4.78 is 10.8. The van der Waals surface area contributed by atoms with Gasteiger partial charge in [0, 0.05) is 30.1 Å². The third kappa shape index (κ3) is 20.8. The lowest BCUT2D eigenvalue weighted by Gasteiger charge is -2.27. The molecule has 0 fully saturated rings. The zero-order chi connectivity index (χ0) is 40.2. The molecule has 3 N–H and O–H groups in total. The van der Waals surface area contributed by atoms with Gasteiger partial charge in [-0.25, -0.2) is 4.79 Å². The number of hydrogen-bond acceptors (Lipinski definition) is 6. The first-order valence-electron chi connectivity index (χ1n) is 18.9. The molecule has 0 bridgehead atoms. The van der Waals surface area contributed by atoms with Crippen LogP contribution < -0.4 is 20.7 Å². The van der Waals surface area contributed by atoms with Gasteiger partial charge in [0.2, 0.25) is 5.91 Å². The monoisotopic (exact) mass is 771 g/mol. The first-order chi connectivity index (χ1) is 26.6. The van der Waals surface area contributed by atoms with E-state index < -0.39 is 23.5 Å².